The van der Waals surface area contributed by atoms with Crippen LogP contribution in [0.5, 0.6) is 0 Å². The van der Waals surface area contributed by atoms with Crippen LogP contribution in [0.3, 0.4) is 0 Å². The molecule has 1 aromatic carbocycles. The average molecular weight is 380 g/mol. The molecule has 3 amide bonds. The van der Waals surface area contributed by atoms with Crippen molar-refractivity contribution in [2.24, 2.45) is 4.99 Å². The molecule has 1 N–H and O–H groups in total. The van der Waals surface area contributed by atoms with E-state index in [9.17, 15) is 9.59 Å². The van der Waals surface area contributed by atoms with Gasteiger partial charge in [-0.25, -0.2) is 4.79 Å². The molecule has 0 saturated carbocycles. The third-order valence-corrected chi connectivity index (χ3v) is 5.20. The van der Waals surface area contributed by atoms with Crippen molar-refractivity contribution in [3.63, 3.8) is 0 Å². The summed E-state index contributed by atoms with van der Waals surface area (Å²) < 4.78 is 1.85. The molecule has 2 aromatic rings. The Balaban J connectivity index is 1.61. The number of benzene rings is 1. The molecule has 0 unspecified atom stereocenters. The Labute approximate surface area is 163 Å². The first-order valence-electron chi connectivity index (χ1n) is 9.58. The van der Waals surface area contributed by atoms with Crippen LogP contribution in [-0.2, 0) is 11.3 Å². The zero-order chi connectivity index (χ0) is 19.8. The summed E-state index contributed by atoms with van der Waals surface area (Å²) in [7, 11) is 0. The lowest BCUT2D eigenvalue weighted by atomic mass is 10.1. The Bertz CT molecular complexity index is 977. The van der Waals surface area contributed by atoms with E-state index in [1.54, 1.807) is 4.90 Å². The number of rotatable bonds is 4. The van der Waals surface area contributed by atoms with Crippen LogP contribution < -0.4 is 10.2 Å². The number of fused-ring (bicyclic) bond motifs is 3. The monoisotopic (exact) mass is 380 g/mol. The number of nitrogens with one attached hydrogen (secondary N) is 1. The molecular weight excluding hydrogens is 356 g/mol. The second-order valence-corrected chi connectivity index (χ2v) is 7.01. The predicted molar refractivity (Wildman–Crippen MR) is 108 cm³/mol. The Morgan fingerprint density at radius 3 is 2.79 bits per heavy atom. The van der Waals surface area contributed by atoms with Crippen molar-refractivity contribution >= 4 is 29.1 Å². The molecule has 0 saturated heterocycles. The van der Waals surface area contributed by atoms with E-state index in [-0.39, 0.29) is 18.5 Å². The molecule has 2 aliphatic rings. The summed E-state index contributed by atoms with van der Waals surface area (Å²) in [4.78, 5) is 33.6. The summed E-state index contributed by atoms with van der Waals surface area (Å²) in [6.07, 6.45) is 0.825. The maximum atomic E-state index is 13.1. The van der Waals surface area contributed by atoms with E-state index in [1.165, 1.54) is 4.90 Å². The third kappa shape index (κ3) is 2.94. The fraction of sp³-hybridized carbons (Fsp3) is 0.400. The Kier molecular flexibility index (Phi) is 4.62. The first kappa shape index (κ1) is 18.2. The van der Waals surface area contributed by atoms with E-state index >= 15 is 0 Å². The molecule has 8 nitrogen and oxygen atoms in total. The van der Waals surface area contributed by atoms with E-state index in [4.69, 9.17) is 0 Å². The number of carbonyl (C=O) groups excluding carboxylic acids is 2. The summed E-state index contributed by atoms with van der Waals surface area (Å²) in [5.41, 5.74) is 4.00. The van der Waals surface area contributed by atoms with E-state index < -0.39 is 0 Å². The first-order valence-corrected chi connectivity index (χ1v) is 9.58. The molecule has 0 fully saturated rings. The molecule has 2 aliphatic heterocycles. The van der Waals surface area contributed by atoms with Crippen molar-refractivity contribution in [3.8, 4) is 0 Å². The molecule has 8 heteroatoms. The highest BCUT2D eigenvalue weighted by atomic mass is 16.2. The summed E-state index contributed by atoms with van der Waals surface area (Å²) in [5, 5.41) is 7.37. The Morgan fingerprint density at radius 1 is 1.25 bits per heavy atom. The summed E-state index contributed by atoms with van der Waals surface area (Å²) in [5.74, 6) is 0.460. The zero-order valence-electron chi connectivity index (χ0n) is 16.4. The fourth-order valence-corrected chi connectivity index (χ4v) is 3.83. The van der Waals surface area contributed by atoms with Crippen LogP contribution in [-0.4, -0.2) is 52.1 Å². The number of aliphatic imine (C=N–C) groups is 1. The lowest BCUT2D eigenvalue weighted by Gasteiger charge is -2.39. The van der Waals surface area contributed by atoms with E-state index in [0.29, 0.717) is 24.6 Å². The molecule has 1 aromatic heterocycles. The Hall–Kier alpha value is -3.16. The third-order valence-electron chi connectivity index (χ3n) is 5.20. The van der Waals surface area contributed by atoms with Crippen LogP contribution in [0.2, 0.25) is 0 Å². The van der Waals surface area contributed by atoms with E-state index in [2.05, 4.69) is 15.4 Å². The van der Waals surface area contributed by atoms with Crippen molar-refractivity contribution in [1.82, 2.24) is 14.7 Å². The van der Waals surface area contributed by atoms with Gasteiger partial charge in [-0.3, -0.25) is 24.3 Å². The van der Waals surface area contributed by atoms with Crippen molar-refractivity contribution in [3.05, 3.63) is 41.2 Å². The number of carbonyl (C=O) groups is 2. The molecular formula is C20H24N6O2. The second kappa shape index (κ2) is 7.10. The predicted octanol–water partition coefficient (Wildman–Crippen LogP) is 2.55. The van der Waals surface area contributed by atoms with Gasteiger partial charge in [0.25, 0.3) is 0 Å². The lowest BCUT2D eigenvalue weighted by Crippen LogP contribution is -2.54. The topological polar surface area (TPSA) is 82.8 Å². The highest BCUT2D eigenvalue weighted by Crippen LogP contribution is 2.30. The van der Waals surface area contributed by atoms with Gasteiger partial charge >= 0.3 is 6.03 Å². The molecule has 0 radical (unpaired) electrons. The van der Waals surface area contributed by atoms with Gasteiger partial charge in [0.05, 0.1) is 22.8 Å². The maximum Gasteiger partial charge on any atom is 0.330 e. The van der Waals surface area contributed by atoms with Crippen LogP contribution >= 0.6 is 0 Å². The number of para-hydroxylation sites is 1. The number of anilines is 2. The first-order chi connectivity index (χ1) is 13.5. The van der Waals surface area contributed by atoms with Crippen LogP contribution in [0.4, 0.5) is 16.2 Å². The van der Waals surface area contributed by atoms with Crippen molar-refractivity contribution in [2.45, 2.75) is 33.7 Å². The standard InChI is InChI=1S/C20H24N6O2/c1-4-26-14(3)18(13(2)23-26)22-17(27)12-25-16-9-6-5-8-15(16)19-21-10-7-11-24(19)20(25)28/h5-6,8-9H,4,7,10-12H2,1-3H3,(H,22,27). The molecule has 3 heterocycles. The second-order valence-electron chi connectivity index (χ2n) is 7.01. The maximum absolute atomic E-state index is 13.1. The molecule has 0 aliphatic carbocycles. The van der Waals surface area contributed by atoms with Crippen molar-refractivity contribution in [2.75, 3.05) is 29.9 Å². The summed E-state index contributed by atoms with van der Waals surface area (Å²) >= 11 is 0. The highest BCUT2D eigenvalue weighted by molar-refractivity contribution is 6.20. The van der Waals surface area contributed by atoms with Gasteiger partial charge in [0.15, 0.2) is 0 Å². The van der Waals surface area contributed by atoms with Gasteiger partial charge in [-0.1, -0.05) is 12.1 Å². The smallest absolute Gasteiger partial charge is 0.321 e. The minimum atomic E-state index is -0.248. The van der Waals surface area contributed by atoms with Gasteiger partial charge in [0.1, 0.15) is 12.4 Å². The van der Waals surface area contributed by atoms with Crippen LogP contribution in [0.1, 0.15) is 30.3 Å². The number of aryl methyl sites for hydroxylation is 2. The van der Waals surface area contributed by atoms with Gasteiger partial charge in [0, 0.05) is 25.2 Å². The molecule has 4 rings (SSSR count). The number of amidine groups is 1. The number of hydrogen-bond donors (Lipinski definition) is 1. The lowest BCUT2D eigenvalue weighted by molar-refractivity contribution is -0.114. The number of hydrogen-bond acceptors (Lipinski definition) is 4. The number of amides is 3. The fourth-order valence-electron chi connectivity index (χ4n) is 3.83. The molecule has 0 spiro atoms. The van der Waals surface area contributed by atoms with Crippen molar-refractivity contribution < 1.29 is 9.59 Å². The number of nitrogens with zero attached hydrogens (tertiary/aromatic N) is 5. The molecule has 0 atom stereocenters. The van der Waals surface area contributed by atoms with Crippen molar-refractivity contribution in [1.29, 1.82) is 0 Å². The molecule has 146 valence electrons. The highest BCUT2D eigenvalue weighted by Gasteiger charge is 2.36. The Morgan fingerprint density at radius 2 is 2.04 bits per heavy atom. The number of aromatic nitrogens is 2. The van der Waals surface area contributed by atoms with Gasteiger partial charge in [-0.2, -0.15) is 5.10 Å². The van der Waals surface area contributed by atoms with Gasteiger partial charge in [0.2, 0.25) is 5.91 Å². The van der Waals surface area contributed by atoms with Crippen LogP contribution in [0, 0.1) is 13.8 Å². The minimum absolute atomic E-state index is 0.0597. The molecule has 28 heavy (non-hydrogen) atoms. The zero-order valence-corrected chi connectivity index (χ0v) is 16.4. The van der Waals surface area contributed by atoms with E-state index in [0.717, 1.165) is 35.6 Å². The minimum Gasteiger partial charge on any atom is -0.321 e. The number of urea groups is 1. The quantitative estimate of drug-likeness (QED) is 0.885. The van der Waals surface area contributed by atoms with Crippen LogP contribution in [0.25, 0.3) is 0 Å². The van der Waals surface area contributed by atoms with Gasteiger partial charge in [-0.05, 0) is 39.3 Å². The van der Waals surface area contributed by atoms with Gasteiger partial charge in [-0.15, -0.1) is 0 Å². The van der Waals surface area contributed by atoms with E-state index in [1.807, 2.05) is 49.7 Å². The summed E-state index contributed by atoms with van der Waals surface area (Å²) in [6, 6.07) is 7.40. The molecule has 0 bridgehead atoms. The van der Waals surface area contributed by atoms with Gasteiger partial charge < -0.3 is 5.32 Å². The van der Waals surface area contributed by atoms with Crippen LogP contribution in [0.15, 0.2) is 29.3 Å². The normalized spacial score (nSPS) is 15.8. The SMILES string of the molecule is CCn1nc(C)c(NC(=O)CN2C(=O)N3CCCN=C3c3ccccc32)c1C. The summed E-state index contributed by atoms with van der Waals surface area (Å²) in [6.45, 7) is 7.81. The average Bonchev–Trinajstić information content (AvgIpc) is 2.98. The largest absolute Gasteiger partial charge is 0.330 e.